The number of nitrogen functional groups attached to an aromatic ring is 1. The number of aromatic hydroxyl groups is 1. The van der Waals surface area contributed by atoms with Gasteiger partial charge in [-0.05, 0) is 17.7 Å². The number of ether oxygens (including phenoxy) is 1. The maximum absolute atomic E-state index is 14.5. The summed E-state index contributed by atoms with van der Waals surface area (Å²) < 4.78 is 34.0. The third kappa shape index (κ3) is 3.72. The van der Waals surface area contributed by atoms with Crippen LogP contribution in [0.25, 0.3) is 11.3 Å². The van der Waals surface area contributed by atoms with E-state index < -0.39 is 51.0 Å². The second-order valence-corrected chi connectivity index (χ2v) is 6.46. The Morgan fingerprint density at radius 2 is 1.79 bits per heavy atom. The number of esters is 1. The summed E-state index contributed by atoms with van der Waals surface area (Å²) in [5, 5.41) is 8.91. The number of rotatable bonds is 4. The van der Waals surface area contributed by atoms with Crippen molar-refractivity contribution in [3.05, 3.63) is 75.4 Å². The average molecular weight is 425 g/mol. The van der Waals surface area contributed by atoms with E-state index in [1.807, 2.05) is 0 Å². The zero-order valence-electron chi connectivity index (χ0n) is 14.0. The summed E-state index contributed by atoms with van der Waals surface area (Å²) in [6.45, 7) is -0.0829. The van der Waals surface area contributed by atoms with Gasteiger partial charge >= 0.3 is 5.97 Å². The highest BCUT2D eigenvalue weighted by molar-refractivity contribution is 6.36. The van der Waals surface area contributed by atoms with Crippen molar-refractivity contribution >= 4 is 34.9 Å². The van der Waals surface area contributed by atoms with Gasteiger partial charge in [0.05, 0.1) is 15.7 Å². The maximum Gasteiger partial charge on any atom is 0.358 e. The number of phenolic OH excluding ortho intramolecular Hbond substituents is 1. The highest BCUT2D eigenvalue weighted by Gasteiger charge is 2.26. The zero-order valence-corrected chi connectivity index (χ0v) is 15.6. The monoisotopic (exact) mass is 424 g/mol. The van der Waals surface area contributed by atoms with Crippen LogP contribution in [0.15, 0.2) is 42.5 Å². The van der Waals surface area contributed by atoms with Crippen LogP contribution in [0.5, 0.6) is 5.75 Å². The minimum atomic E-state index is -1.22. The van der Waals surface area contributed by atoms with Crippen LogP contribution in [0.3, 0.4) is 0 Å². The van der Waals surface area contributed by atoms with E-state index in [1.165, 1.54) is 0 Å². The van der Waals surface area contributed by atoms with E-state index in [2.05, 4.69) is 4.98 Å². The quantitative estimate of drug-likeness (QED) is 0.576. The van der Waals surface area contributed by atoms with Gasteiger partial charge in [0.1, 0.15) is 12.3 Å². The van der Waals surface area contributed by atoms with Crippen molar-refractivity contribution in [2.45, 2.75) is 6.61 Å². The van der Waals surface area contributed by atoms with Crippen molar-refractivity contribution in [1.82, 2.24) is 4.98 Å². The molecule has 0 bridgehead atoms. The first-order valence-electron chi connectivity index (χ1n) is 7.84. The van der Waals surface area contributed by atoms with Crippen LogP contribution in [-0.2, 0) is 11.3 Å². The van der Waals surface area contributed by atoms with Gasteiger partial charge in [0.2, 0.25) is 0 Å². The molecule has 0 amide bonds. The molecule has 5 nitrogen and oxygen atoms in total. The molecule has 9 heteroatoms. The topological polar surface area (TPSA) is 85.4 Å². The SMILES string of the molecule is Nc1c(F)c(-c2ccc(Cl)c(O)c2F)nc(C(=O)OCc2ccccc2)c1Cl. The van der Waals surface area contributed by atoms with Crippen LogP contribution >= 0.6 is 23.2 Å². The minimum Gasteiger partial charge on any atom is -0.504 e. The van der Waals surface area contributed by atoms with Crippen LogP contribution in [0, 0.1) is 11.6 Å². The molecule has 0 aliphatic rings. The van der Waals surface area contributed by atoms with E-state index in [1.54, 1.807) is 30.3 Å². The molecule has 1 aromatic heterocycles. The molecule has 3 rings (SSSR count). The Bertz CT molecular complexity index is 1060. The molecule has 3 N–H and O–H groups in total. The lowest BCUT2D eigenvalue weighted by Gasteiger charge is -2.13. The molecule has 0 unspecified atom stereocenters. The van der Waals surface area contributed by atoms with Gasteiger partial charge in [0.25, 0.3) is 0 Å². The fourth-order valence-corrected chi connectivity index (χ4v) is 2.74. The highest BCUT2D eigenvalue weighted by atomic mass is 35.5. The highest BCUT2D eigenvalue weighted by Crippen LogP contribution is 2.37. The number of hydrogen-bond acceptors (Lipinski definition) is 5. The number of carbonyl (C=O) groups excluding carboxylic acids is 1. The third-order valence-electron chi connectivity index (χ3n) is 3.84. The Balaban J connectivity index is 2.01. The van der Waals surface area contributed by atoms with Gasteiger partial charge in [-0.1, -0.05) is 53.5 Å². The minimum absolute atomic E-state index is 0.0829. The van der Waals surface area contributed by atoms with Crippen LogP contribution in [-0.4, -0.2) is 16.1 Å². The summed E-state index contributed by atoms with van der Waals surface area (Å²) in [7, 11) is 0. The zero-order chi connectivity index (χ0) is 20.4. The number of hydrogen-bond donors (Lipinski definition) is 2. The number of halogens is 4. The maximum atomic E-state index is 14.5. The molecule has 0 saturated heterocycles. The first-order valence-corrected chi connectivity index (χ1v) is 8.59. The van der Waals surface area contributed by atoms with Crippen LogP contribution in [0.4, 0.5) is 14.5 Å². The Kier molecular flexibility index (Phi) is 5.67. The number of pyridine rings is 1. The summed E-state index contributed by atoms with van der Waals surface area (Å²) in [5.74, 6) is -4.23. The largest absolute Gasteiger partial charge is 0.504 e. The summed E-state index contributed by atoms with van der Waals surface area (Å²) in [6, 6.07) is 11.0. The van der Waals surface area contributed by atoms with Crippen molar-refractivity contribution in [2.75, 3.05) is 5.73 Å². The lowest BCUT2D eigenvalue weighted by Crippen LogP contribution is -2.12. The second kappa shape index (κ2) is 8.00. The van der Waals surface area contributed by atoms with Crippen molar-refractivity contribution in [3.8, 4) is 17.0 Å². The van der Waals surface area contributed by atoms with Gasteiger partial charge in [-0.15, -0.1) is 0 Å². The molecular formula is C19H12Cl2F2N2O3. The van der Waals surface area contributed by atoms with Crippen molar-refractivity contribution in [3.63, 3.8) is 0 Å². The fraction of sp³-hybridized carbons (Fsp3) is 0.0526. The molecule has 0 radical (unpaired) electrons. The van der Waals surface area contributed by atoms with Gasteiger partial charge in [0.15, 0.2) is 23.1 Å². The number of phenols is 1. The molecule has 144 valence electrons. The predicted octanol–water partition coefficient (Wildman–Crippen LogP) is 4.98. The molecule has 0 spiro atoms. The number of nitrogens with two attached hydrogens (primary N) is 1. The molecular weight excluding hydrogens is 413 g/mol. The van der Waals surface area contributed by atoms with Crippen LogP contribution in [0.1, 0.15) is 16.1 Å². The first kappa shape index (κ1) is 19.9. The van der Waals surface area contributed by atoms with E-state index in [-0.39, 0.29) is 11.6 Å². The lowest BCUT2D eigenvalue weighted by molar-refractivity contribution is 0.0466. The average Bonchev–Trinajstić information content (AvgIpc) is 2.70. The Morgan fingerprint density at radius 1 is 1.11 bits per heavy atom. The van der Waals surface area contributed by atoms with Gasteiger partial charge in [0, 0.05) is 5.56 Å². The molecule has 0 fully saturated rings. The van der Waals surface area contributed by atoms with Crippen LogP contribution in [0.2, 0.25) is 10.0 Å². The van der Waals surface area contributed by atoms with Crippen molar-refractivity contribution < 1.29 is 23.4 Å². The lowest BCUT2D eigenvalue weighted by atomic mass is 10.1. The first-order chi connectivity index (χ1) is 13.3. The van der Waals surface area contributed by atoms with Crippen molar-refractivity contribution in [2.24, 2.45) is 0 Å². The summed E-state index contributed by atoms with van der Waals surface area (Å²) in [6.07, 6.45) is 0. The molecule has 1 heterocycles. The number of nitrogens with zero attached hydrogens (tertiary/aromatic N) is 1. The molecule has 28 heavy (non-hydrogen) atoms. The molecule has 0 aliphatic heterocycles. The smallest absolute Gasteiger partial charge is 0.358 e. The van der Waals surface area contributed by atoms with Gasteiger partial charge in [-0.25, -0.2) is 18.6 Å². The number of aromatic nitrogens is 1. The van der Waals surface area contributed by atoms with Gasteiger partial charge in [-0.3, -0.25) is 0 Å². The number of anilines is 1. The second-order valence-electron chi connectivity index (χ2n) is 5.67. The van der Waals surface area contributed by atoms with Crippen LogP contribution < -0.4 is 5.73 Å². The fourth-order valence-electron chi connectivity index (χ4n) is 2.39. The molecule has 0 atom stereocenters. The Hall–Kier alpha value is -2.90. The Morgan fingerprint density at radius 3 is 2.46 bits per heavy atom. The van der Waals surface area contributed by atoms with Crippen molar-refractivity contribution in [1.29, 1.82) is 0 Å². The number of carbonyl (C=O) groups is 1. The van der Waals surface area contributed by atoms with E-state index in [0.717, 1.165) is 12.1 Å². The normalized spacial score (nSPS) is 10.7. The summed E-state index contributed by atoms with van der Waals surface area (Å²) >= 11 is 11.6. The molecule has 0 saturated carbocycles. The standard InChI is InChI=1S/C19H12Cl2F2N2O3/c20-11-7-6-10(13(22)18(11)26)16-14(23)15(24)12(21)17(25-16)19(27)28-8-9-4-2-1-3-5-9/h1-7,26H,8H2,(H2,24,25). The Labute approximate surface area is 168 Å². The third-order valence-corrected chi connectivity index (χ3v) is 4.53. The van der Waals surface area contributed by atoms with Gasteiger partial charge in [-0.2, -0.15) is 0 Å². The van der Waals surface area contributed by atoms with E-state index >= 15 is 0 Å². The number of benzene rings is 2. The molecule has 2 aromatic carbocycles. The predicted molar refractivity (Wildman–Crippen MR) is 101 cm³/mol. The molecule has 3 aromatic rings. The summed E-state index contributed by atoms with van der Waals surface area (Å²) in [5.41, 5.74) is 4.18. The van der Waals surface area contributed by atoms with E-state index in [4.69, 9.17) is 33.7 Å². The van der Waals surface area contributed by atoms with E-state index in [9.17, 15) is 18.7 Å². The summed E-state index contributed by atoms with van der Waals surface area (Å²) in [4.78, 5) is 16.2. The molecule has 0 aliphatic carbocycles. The van der Waals surface area contributed by atoms with Gasteiger partial charge < -0.3 is 15.6 Å². The van der Waals surface area contributed by atoms with E-state index in [0.29, 0.717) is 5.56 Å².